The maximum atomic E-state index is 12.7. The normalized spacial score (nSPS) is 17.5. The van der Waals surface area contributed by atoms with Gasteiger partial charge in [0, 0.05) is 18.8 Å². The first kappa shape index (κ1) is 18.9. The molecule has 1 saturated carbocycles. The molecule has 1 amide bonds. The zero-order chi connectivity index (χ0) is 17.9. The number of aromatic nitrogens is 2. The molecule has 1 fully saturated rings. The lowest BCUT2D eigenvalue weighted by Gasteiger charge is -2.24. The summed E-state index contributed by atoms with van der Waals surface area (Å²) in [7, 11) is -4.22. The lowest BCUT2D eigenvalue weighted by molar-refractivity contribution is -0.121. The van der Waals surface area contributed by atoms with Crippen LogP contribution in [-0.2, 0) is 21.2 Å². The van der Waals surface area contributed by atoms with Crippen molar-refractivity contribution in [3.05, 3.63) is 21.7 Å². The van der Waals surface area contributed by atoms with Gasteiger partial charge >= 0.3 is 0 Å². The first-order chi connectivity index (χ1) is 11.3. The van der Waals surface area contributed by atoms with Crippen LogP contribution >= 0.6 is 11.6 Å². The van der Waals surface area contributed by atoms with Gasteiger partial charge in [-0.25, -0.2) is 13.4 Å². The van der Waals surface area contributed by atoms with Crippen molar-refractivity contribution >= 4 is 27.3 Å². The number of aryl methyl sites for hydroxylation is 1. The van der Waals surface area contributed by atoms with E-state index in [1.54, 1.807) is 6.92 Å². The number of sulfone groups is 1. The van der Waals surface area contributed by atoms with Crippen molar-refractivity contribution in [3.63, 3.8) is 0 Å². The molecule has 1 aliphatic carbocycles. The Morgan fingerprint density at radius 3 is 2.62 bits per heavy atom. The van der Waals surface area contributed by atoms with Gasteiger partial charge in [-0.1, -0.05) is 30.9 Å². The standard InChI is InChI=1S/C15H22ClN3O4S/c1-3-19-9-12(16)18-14(15(19)21)24(22,23)10(2)13(20)17-11-7-5-4-6-8-11/h9-11H,3-8H2,1-2H3,(H,17,20). The van der Waals surface area contributed by atoms with Gasteiger partial charge in [-0.05, 0) is 26.7 Å². The second-order valence-electron chi connectivity index (χ2n) is 5.99. The molecule has 0 radical (unpaired) electrons. The maximum Gasteiger partial charge on any atom is 0.288 e. The van der Waals surface area contributed by atoms with Gasteiger partial charge in [0.2, 0.25) is 20.8 Å². The van der Waals surface area contributed by atoms with E-state index >= 15 is 0 Å². The minimum Gasteiger partial charge on any atom is -0.352 e. The van der Waals surface area contributed by atoms with E-state index in [-0.39, 0.29) is 17.7 Å². The highest BCUT2D eigenvalue weighted by atomic mass is 35.5. The van der Waals surface area contributed by atoms with Gasteiger partial charge < -0.3 is 9.88 Å². The van der Waals surface area contributed by atoms with E-state index in [0.717, 1.165) is 36.7 Å². The molecule has 1 N–H and O–H groups in total. The number of hydrogen-bond donors (Lipinski definition) is 1. The molecule has 9 heteroatoms. The molecule has 1 aromatic rings. The molecule has 1 aliphatic rings. The Bertz CT molecular complexity index is 769. The average molecular weight is 376 g/mol. The smallest absolute Gasteiger partial charge is 0.288 e. The molecule has 0 aromatic carbocycles. The Hall–Kier alpha value is -1.41. The summed E-state index contributed by atoms with van der Waals surface area (Å²) in [6, 6.07) is -0.0106. The third kappa shape index (κ3) is 3.97. The summed E-state index contributed by atoms with van der Waals surface area (Å²) in [5.41, 5.74) is -0.765. The van der Waals surface area contributed by atoms with Gasteiger partial charge in [0.1, 0.15) is 10.4 Å². The monoisotopic (exact) mass is 375 g/mol. The molecule has 0 saturated heterocycles. The Morgan fingerprint density at radius 1 is 1.42 bits per heavy atom. The molecular weight excluding hydrogens is 354 g/mol. The van der Waals surface area contributed by atoms with Crippen LogP contribution in [-0.4, -0.2) is 35.2 Å². The van der Waals surface area contributed by atoms with Gasteiger partial charge in [-0.15, -0.1) is 0 Å². The lowest BCUT2D eigenvalue weighted by Crippen LogP contribution is -2.45. The number of amides is 1. The number of carbonyl (C=O) groups is 1. The van der Waals surface area contributed by atoms with Crippen molar-refractivity contribution < 1.29 is 13.2 Å². The third-order valence-electron chi connectivity index (χ3n) is 4.31. The molecule has 0 spiro atoms. The highest BCUT2D eigenvalue weighted by Gasteiger charge is 2.35. The Kier molecular flexibility index (Phi) is 6.03. The Labute approximate surface area is 146 Å². The van der Waals surface area contributed by atoms with Crippen LogP contribution in [0.25, 0.3) is 0 Å². The van der Waals surface area contributed by atoms with E-state index < -0.39 is 31.6 Å². The van der Waals surface area contributed by atoms with Gasteiger partial charge in [0.25, 0.3) is 5.56 Å². The fraction of sp³-hybridized carbons (Fsp3) is 0.667. The largest absolute Gasteiger partial charge is 0.352 e. The minimum absolute atomic E-state index is 0.0106. The van der Waals surface area contributed by atoms with Crippen molar-refractivity contribution in [2.24, 2.45) is 0 Å². The minimum atomic E-state index is -4.22. The van der Waals surface area contributed by atoms with Crippen molar-refractivity contribution in [2.75, 3.05) is 0 Å². The lowest BCUT2D eigenvalue weighted by atomic mass is 9.95. The first-order valence-electron chi connectivity index (χ1n) is 8.08. The van der Waals surface area contributed by atoms with Crippen LogP contribution in [0, 0.1) is 0 Å². The molecule has 134 valence electrons. The summed E-state index contributed by atoms with van der Waals surface area (Å²) >= 11 is 5.81. The van der Waals surface area contributed by atoms with Gasteiger partial charge in [-0.3, -0.25) is 9.59 Å². The summed E-state index contributed by atoms with van der Waals surface area (Å²) in [5, 5.41) is 0.590. The van der Waals surface area contributed by atoms with E-state index in [0.29, 0.717) is 0 Å². The number of carbonyl (C=O) groups excluding carboxylic acids is 1. The summed E-state index contributed by atoms with van der Waals surface area (Å²) < 4.78 is 26.5. The van der Waals surface area contributed by atoms with Crippen LogP contribution in [0.3, 0.4) is 0 Å². The van der Waals surface area contributed by atoms with Crippen molar-refractivity contribution in [2.45, 2.75) is 68.8 Å². The molecule has 0 aliphatic heterocycles. The first-order valence-corrected chi connectivity index (χ1v) is 10.0. The predicted molar refractivity (Wildman–Crippen MR) is 90.8 cm³/mol. The molecule has 1 heterocycles. The molecule has 7 nitrogen and oxygen atoms in total. The molecule has 1 unspecified atom stereocenters. The number of nitrogens with zero attached hydrogens (tertiary/aromatic N) is 2. The number of hydrogen-bond acceptors (Lipinski definition) is 5. The van der Waals surface area contributed by atoms with Crippen LogP contribution in [0.5, 0.6) is 0 Å². The fourth-order valence-electron chi connectivity index (χ4n) is 2.78. The van der Waals surface area contributed by atoms with Crippen molar-refractivity contribution in [1.82, 2.24) is 14.9 Å². The molecule has 2 rings (SSSR count). The molecule has 24 heavy (non-hydrogen) atoms. The molecule has 1 atom stereocenters. The second kappa shape index (κ2) is 7.65. The zero-order valence-electron chi connectivity index (χ0n) is 13.8. The van der Waals surface area contributed by atoms with E-state index in [1.165, 1.54) is 13.1 Å². The summed E-state index contributed by atoms with van der Waals surface area (Å²) in [4.78, 5) is 28.2. The van der Waals surface area contributed by atoms with Crippen molar-refractivity contribution in [3.8, 4) is 0 Å². The number of halogens is 1. The van der Waals surface area contributed by atoms with E-state index in [4.69, 9.17) is 11.6 Å². The van der Waals surface area contributed by atoms with Crippen LogP contribution in [0.1, 0.15) is 46.0 Å². The summed E-state index contributed by atoms with van der Waals surface area (Å²) in [6.45, 7) is 3.21. The van der Waals surface area contributed by atoms with Crippen LogP contribution in [0.15, 0.2) is 16.0 Å². The summed E-state index contributed by atoms with van der Waals surface area (Å²) in [6.07, 6.45) is 6.12. The fourth-order valence-corrected chi connectivity index (χ4v) is 4.30. The summed E-state index contributed by atoms with van der Waals surface area (Å²) in [5.74, 6) is -0.605. The van der Waals surface area contributed by atoms with E-state index in [2.05, 4.69) is 10.3 Å². The molecular formula is C15H22ClN3O4S. The van der Waals surface area contributed by atoms with Crippen molar-refractivity contribution in [1.29, 1.82) is 0 Å². The Balaban J connectivity index is 2.27. The van der Waals surface area contributed by atoms with Gasteiger partial charge in [0.05, 0.1) is 0 Å². The number of rotatable bonds is 5. The molecule has 1 aromatic heterocycles. The quantitative estimate of drug-likeness (QED) is 0.841. The highest BCUT2D eigenvalue weighted by molar-refractivity contribution is 7.92. The average Bonchev–Trinajstić information content (AvgIpc) is 2.56. The Morgan fingerprint density at radius 2 is 2.04 bits per heavy atom. The number of nitrogens with one attached hydrogen (secondary N) is 1. The highest BCUT2D eigenvalue weighted by Crippen LogP contribution is 2.19. The SMILES string of the molecule is CCn1cc(Cl)nc(S(=O)(=O)C(C)C(=O)NC2CCCCC2)c1=O. The molecule has 0 bridgehead atoms. The predicted octanol–water partition coefficient (Wildman–Crippen LogP) is 1.53. The topological polar surface area (TPSA) is 98.1 Å². The van der Waals surface area contributed by atoms with Gasteiger partial charge in [-0.2, -0.15) is 0 Å². The van der Waals surface area contributed by atoms with Crippen LogP contribution in [0.2, 0.25) is 5.15 Å². The van der Waals surface area contributed by atoms with E-state index in [9.17, 15) is 18.0 Å². The second-order valence-corrected chi connectivity index (χ2v) is 8.56. The van der Waals surface area contributed by atoms with E-state index in [1.807, 2.05) is 0 Å². The third-order valence-corrected chi connectivity index (χ3v) is 6.44. The van der Waals surface area contributed by atoms with Crippen LogP contribution in [0.4, 0.5) is 0 Å². The maximum absolute atomic E-state index is 12.7. The zero-order valence-corrected chi connectivity index (χ0v) is 15.4. The van der Waals surface area contributed by atoms with Gasteiger partial charge in [0.15, 0.2) is 0 Å². The van der Waals surface area contributed by atoms with Crippen LogP contribution < -0.4 is 10.9 Å².